The van der Waals surface area contributed by atoms with Crippen molar-refractivity contribution < 1.29 is 18.9 Å². The minimum Gasteiger partial charge on any atom is -0.377 e. The van der Waals surface area contributed by atoms with Crippen LogP contribution in [-0.4, -0.2) is 72.5 Å². The van der Waals surface area contributed by atoms with Crippen molar-refractivity contribution in [3.8, 4) is 0 Å². The van der Waals surface area contributed by atoms with Gasteiger partial charge in [0.05, 0.1) is 52.9 Å². The number of nitrogens with two attached hydrogens (primary N) is 1. The summed E-state index contributed by atoms with van der Waals surface area (Å²) in [5.41, 5.74) is 8.06. The molecule has 0 amide bonds. The Balaban J connectivity index is 1.88. The quantitative estimate of drug-likeness (QED) is 0.889. The highest BCUT2D eigenvalue weighted by Crippen LogP contribution is 2.15. The van der Waals surface area contributed by atoms with E-state index in [0.29, 0.717) is 59.4 Å². The molecule has 0 aromatic heterocycles. The molecular weight excluding hydrogens is 308 g/mol. The van der Waals surface area contributed by atoms with Crippen molar-refractivity contribution in [2.45, 2.75) is 6.42 Å². The molecule has 1 aromatic carbocycles. The highest BCUT2D eigenvalue weighted by Gasteiger charge is 2.07. The first-order chi connectivity index (χ1) is 11.9. The molecule has 136 valence electrons. The smallest absolute Gasteiger partial charge is 0.0701 e. The van der Waals surface area contributed by atoms with Crippen LogP contribution in [-0.2, 0) is 25.4 Å². The van der Waals surface area contributed by atoms with Crippen molar-refractivity contribution in [3.63, 3.8) is 0 Å². The van der Waals surface area contributed by atoms with Crippen molar-refractivity contribution >= 4 is 5.69 Å². The van der Waals surface area contributed by atoms with Gasteiger partial charge in [-0.25, -0.2) is 0 Å². The molecule has 24 heavy (non-hydrogen) atoms. The Morgan fingerprint density at radius 2 is 1.17 bits per heavy atom. The van der Waals surface area contributed by atoms with Crippen LogP contribution in [0.5, 0.6) is 0 Å². The number of rotatable bonds is 3. The molecule has 0 radical (unpaired) electrons. The molecule has 6 heteroatoms. The Labute approximate surface area is 144 Å². The van der Waals surface area contributed by atoms with Crippen LogP contribution in [0.15, 0.2) is 24.3 Å². The molecule has 1 aromatic rings. The number of benzene rings is 1. The molecule has 0 aliphatic carbocycles. The Hall–Kier alpha value is -1.18. The van der Waals surface area contributed by atoms with E-state index >= 15 is 0 Å². The van der Waals surface area contributed by atoms with Gasteiger partial charge in [-0.15, -0.1) is 0 Å². The Morgan fingerprint density at radius 3 is 1.62 bits per heavy atom. The van der Waals surface area contributed by atoms with Crippen LogP contribution >= 0.6 is 0 Å². The predicted octanol–water partition coefficient (Wildman–Crippen LogP) is 1.07. The zero-order valence-electron chi connectivity index (χ0n) is 14.5. The number of hydrogen-bond donors (Lipinski definition) is 1. The number of anilines is 1. The monoisotopic (exact) mass is 338 g/mol. The summed E-state index contributed by atoms with van der Waals surface area (Å²) >= 11 is 0. The molecule has 6 nitrogen and oxygen atoms in total. The van der Waals surface area contributed by atoms with Gasteiger partial charge in [-0.05, 0) is 30.7 Å². The van der Waals surface area contributed by atoms with Gasteiger partial charge in [0.2, 0.25) is 0 Å². The second-order valence-corrected chi connectivity index (χ2v) is 5.64. The molecule has 2 N–H and O–H groups in total. The fourth-order valence-corrected chi connectivity index (χ4v) is 2.52. The lowest BCUT2D eigenvalue weighted by molar-refractivity contribution is 0.00206. The van der Waals surface area contributed by atoms with Gasteiger partial charge in [0, 0.05) is 18.8 Å². The van der Waals surface area contributed by atoms with Crippen molar-refractivity contribution in [1.82, 2.24) is 0 Å². The summed E-state index contributed by atoms with van der Waals surface area (Å²) in [6.45, 7) is 7.31. The first-order valence-corrected chi connectivity index (χ1v) is 8.75. The molecule has 1 heterocycles. The molecule has 0 bridgehead atoms. The zero-order valence-corrected chi connectivity index (χ0v) is 14.5. The zero-order chi connectivity index (χ0) is 16.9. The molecule has 1 saturated heterocycles. The summed E-state index contributed by atoms with van der Waals surface area (Å²) in [4.78, 5) is 2.29. The van der Waals surface area contributed by atoms with Crippen molar-refractivity contribution in [3.05, 3.63) is 29.8 Å². The lowest BCUT2D eigenvalue weighted by Crippen LogP contribution is -2.31. The Kier molecular flexibility index (Phi) is 9.75. The predicted molar refractivity (Wildman–Crippen MR) is 94.7 cm³/mol. The lowest BCUT2D eigenvalue weighted by atomic mass is 10.1. The van der Waals surface area contributed by atoms with Crippen LogP contribution in [0.4, 0.5) is 5.69 Å². The van der Waals surface area contributed by atoms with Crippen LogP contribution in [0.1, 0.15) is 5.56 Å². The van der Waals surface area contributed by atoms with Gasteiger partial charge in [-0.1, -0.05) is 12.1 Å². The molecule has 0 unspecified atom stereocenters. The average molecular weight is 338 g/mol. The van der Waals surface area contributed by atoms with E-state index in [1.54, 1.807) is 0 Å². The van der Waals surface area contributed by atoms with E-state index in [9.17, 15) is 0 Å². The van der Waals surface area contributed by atoms with Crippen molar-refractivity contribution in [2.24, 2.45) is 5.73 Å². The topological polar surface area (TPSA) is 66.2 Å². The van der Waals surface area contributed by atoms with Crippen LogP contribution in [0.25, 0.3) is 0 Å². The van der Waals surface area contributed by atoms with Crippen LogP contribution in [0.3, 0.4) is 0 Å². The first-order valence-electron chi connectivity index (χ1n) is 8.75. The van der Waals surface area contributed by atoms with Gasteiger partial charge in [0.25, 0.3) is 0 Å². The van der Waals surface area contributed by atoms with Crippen LogP contribution in [0, 0.1) is 0 Å². The summed E-state index contributed by atoms with van der Waals surface area (Å²) in [7, 11) is 0. The number of nitrogens with zero attached hydrogens (tertiary/aromatic N) is 1. The summed E-state index contributed by atoms with van der Waals surface area (Å²) in [6.07, 6.45) is 0.909. The fourth-order valence-electron chi connectivity index (χ4n) is 2.52. The number of ether oxygens (including phenoxy) is 4. The molecule has 0 saturated carbocycles. The molecule has 1 aliphatic rings. The maximum Gasteiger partial charge on any atom is 0.0701 e. The minimum atomic E-state index is 0.602. The molecule has 1 aliphatic heterocycles. The van der Waals surface area contributed by atoms with E-state index in [1.807, 2.05) is 0 Å². The van der Waals surface area contributed by atoms with Crippen molar-refractivity contribution in [1.29, 1.82) is 0 Å². The summed E-state index contributed by atoms with van der Waals surface area (Å²) in [5.74, 6) is 0. The second-order valence-electron chi connectivity index (χ2n) is 5.64. The SMILES string of the molecule is NCCc1ccc(N2CCOCCOCCOCCOCC2)cc1. The molecular formula is C18H30N2O4. The number of hydrogen-bond acceptors (Lipinski definition) is 6. The largest absolute Gasteiger partial charge is 0.377 e. The van der Waals surface area contributed by atoms with E-state index in [4.69, 9.17) is 24.7 Å². The Morgan fingerprint density at radius 1 is 0.708 bits per heavy atom. The maximum absolute atomic E-state index is 5.66. The van der Waals surface area contributed by atoms with Crippen LogP contribution < -0.4 is 10.6 Å². The van der Waals surface area contributed by atoms with Crippen LogP contribution in [0.2, 0.25) is 0 Å². The van der Waals surface area contributed by atoms with E-state index in [0.717, 1.165) is 19.5 Å². The minimum absolute atomic E-state index is 0.602. The third-order valence-electron chi connectivity index (χ3n) is 3.86. The van der Waals surface area contributed by atoms with E-state index in [-0.39, 0.29) is 0 Å². The molecule has 0 spiro atoms. The highest BCUT2D eigenvalue weighted by atomic mass is 16.6. The second kappa shape index (κ2) is 12.2. The van der Waals surface area contributed by atoms with E-state index < -0.39 is 0 Å². The fraction of sp³-hybridized carbons (Fsp3) is 0.667. The van der Waals surface area contributed by atoms with E-state index in [1.165, 1.54) is 11.3 Å². The standard InChI is InChI=1S/C18H30N2O4/c19-6-5-17-1-3-18(4-2-17)20-7-9-21-11-13-23-15-16-24-14-12-22-10-8-20/h1-4H,5-16,19H2. The van der Waals surface area contributed by atoms with Gasteiger partial charge >= 0.3 is 0 Å². The lowest BCUT2D eigenvalue weighted by Gasteiger charge is -2.25. The summed E-state index contributed by atoms with van der Waals surface area (Å²) in [6, 6.07) is 8.57. The summed E-state index contributed by atoms with van der Waals surface area (Å²) < 4.78 is 22.2. The molecule has 1 fully saturated rings. The summed E-state index contributed by atoms with van der Waals surface area (Å²) in [5, 5.41) is 0. The highest BCUT2D eigenvalue weighted by molar-refractivity contribution is 5.47. The first kappa shape index (κ1) is 19.1. The molecule has 0 atom stereocenters. The maximum atomic E-state index is 5.66. The van der Waals surface area contributed by atoms with E-state index in [2.05, 4.69) is 29.2 Å². The van der Waals surface area contributed by atoms with Gasteiger partial charge < -0.3 is 29.6 Å². The van der Waals surface area contributed by atoms with Gasteiger partial charge in [-0.2, -0.15) is 0 Å². The van der Waals surface area contributed by atoms with Gasteiger partial charge in [0.15, 0.2) is 0 Å². The van der Waals surface area contributed by atoms with Gasteiger partial charge in [-0.3, -0.25) is 0 Å². The average Bonchev–Trinajstić information content (AvgIpc) is 2.62. The normalized spacial score (nSPS) is 19.5. The molecule has 2 rings (SSSR count). The third kappa shape index (κ3) is 7.59. The Bertz CT molecular complexity index is 412. The van der Waals surface area contributed by atoms with Gasteiger partial charge in [0.1, 0.15) is 0 Å². The third-order valence-corrected chi connectivity index (χ3v) is 3.86. The van der Waals surface area contributed by atoms with Crippen molar-refractivity contribution in [2.75, 3.05) is 77.4 Å².